The van der Waals surface area contributed by atoms with Crippen molar-refractivity contribution in [3.8, 4) is 0 Å². The lowest BCUT2D eigenvalue weighted by molar-refractivity contribution is -0.0752. The van der Waals surface area contributed by atoms with E-state index in [1.807, 2.05) is 36.0 Å². The van der Waals surface area contributed by atoms with E-state index in [0.29, 0.717) is 13.2 Å². The predicted octanol–water partition coefficient (Wildman–Crippen LogP) is 1.93. The molecule has 0 radical (unpaired) electrons. The molecule has 0 bridgehead atoms. The fraction of sp³-hybridized carbons (Fsp3) is 0.625. The lowest BCUT2D eigenvalue weighted by atomic mass is 9.90. The third-order valence-electron chi connectivity index (χ3n) is 4.44. The molecular weight excluding hydrogens is 266 g/mol. The molecule has 2 heterocycles. The molecule has 0 unspecified atom stereocenters. The highest BCUT2D eigenvalue weighted by Gasteiger charge is 2.36. The normalized spacial score (nSPS) is 25.3. The zero-order valence-electron chi connectivity index (χ0n) is 12.8. The second-order valence-electron chi connectivity index (χ2n) is 6.06. The summed E-state index contributed by atoms with van der Waals surface area (Å²) in [4.78, 5) is 21.1. The highest BCUT2D eigenvalue weighted by molar-refractivity contribution is 5.95. The Kier molecular flexibility index (Phi) is 4.10. The summed E-state index contributed by atoms with van der Waals surface area (Å²) in [5.74, 6) is 0.926. The van der Waals surface area contributed by atoms with Crippen LogP contribution in [0, 0.1) is 0 Å². The first kappa shape index (κ1) is 14.3. The zero-order chi connectivity index (χ0) is 14.8. The van der Waals surface area contributed by atoms with E-state index in [9.17, 15) is 4.79 Å². The van der Waals surface area contributed by atoms with Gasteiger partial charge in [0.2, 0.25) is 0 Å². The number of carbonyl (C=O) groups is 1. The number of morpholine rings is 1. The number of ether oxygens (including phenoxy) is 1. The molecular formula is C16H23N3O2. The number of anilines is 1. The maximum atomic E-state index is 12.9. The Hall–Kier alpha value is -1.62. The Morgan fingerprint density at radius 2 is 2.19 bits per heavy atom. The van der Waals surface area contributed by atoms with E-state index in [1.54, 1.807) is 6.20 Å². The Balaban J connectivity index is 1.81. The summed E-state index contributed by atoms with van der Waals surface area (Å²) < 4.78 is 5.85. The largest absolute Gasteiger partial charge is 0.374 e. The second kappa shape index (κ2) is 6.02. The van der Waals surface area contributed by atoms with E-state index in [-0.39, 0.29) is 18.1 Å². The third kappa shape index (κ3) is 2.88. The molecule has 5 heteroatoms. The first-order valence-corrected chi connectivity index (χ1v) is 7.73. The first-order chi connectivity index (χ1) is 10.2. The number of rotatable bonds is 2. The highest BCUT2D eigenvalue weighted by atomic mass is 16.5. The first-order valence-electron chi connectivity index (χ1n) is 7.73. The zero-order valence-corrected chi connectivity index (χ0v) is 12.8. The van der Waals surface area contributed by atoms with Crippen LogP contribution in [0.1, 0.15) is 36.0 Å². The molecule has 21 heavy (non-hydrogen) atoms. The molecule has 0 spiro atoms. The number of aromatic nitrogens is 1. The van der Waals surface area contributed by atoms with Crippen molar-refractivity contribution in [1.29, 1.82) is 0 Å². The standard InChI is InChI=1S/C16H23N3O2/c1-18(2)15-11-12(7-8-17-15)16(20)19-9-10-21-14-6-4-3-5-13(14)19/h7-8,11,13-14H,3-6,9-10H2,1-2H3/t13-,14+/m1/s1. The van der Waals surface area contributed by atoms with Crippen molar-refractivity contribution >= 4 is 11.7 Å². The van der Waals surface area contributed by atoms with Gasteiger partial charge in [0.1, 0.15) is 5.82 Å². The maximum Gasteiger partial charge on any atom is 0.254 e. The van der Waals surface area contributed by atoms with Gasteiger partial charge in [-0.3, -0.25) is 4.79 Å². The van der Waals surface area contributed by atoms with Crippen molar-refractivity contribution < 1.29 is 9.53 Å². The minimum Gasteiger partial charge on any atom is -0.374 e. The van der Waals surface area contributed by atoms with Crippen LogP contribution < -0.4 is 4.90 Å². The molecule has 5 nitrogen and oxygen atoms in total. The lowest BCUT2D eigenvalue weighted by Gasteiger charge is -2.43. The Morgan fingerprint density at radius 3 is 3.00 bits per heavy atom. The van der Waals surface area contributed by atoms with Crippen molar-refractivity contribution in [3.05, 3.63) is 23.9 Å². The molecule has 1 aliphatic heterocycles. The molecule has 1 saturated heterocycles. The average Bonchev–Trinajstić information content (AvgIpc) is 2.53. The van der Waals surface area contributed by atoms with Crippen molar-refractivity contribution in [1.82, 2.24) is 9.88 Å². The molecule has 2 aliphatic rings. The third-order valence-corrected chi connectivity index (χ3v) is 4.44. The topological polar surface area (TPSA) is 45.7 Å². The van der Waals surface area contributed by atoms with Gasteiger partial charge < -0.3 is 14.5 Å². The fourth-order valence-corrected chi connectivity index (χ4v) is 3.31. The SMILES string of the molecule is CN(C)c1cc(C(=O)N2CCO[C@H]3CCCC[C@H]32)ccn1. The summed E-state index contributed by atoms with van der Waals surface area (Å²) in [5, 5.41) is 0. The molecule has 1 saturated carbocycles. The smallest absolute Gasteiger partial charge is 0.254 e. The summed E-state index contributed by atoms with van der Waals surface area (Å²) in [6, 6.07) is 3.93. The van der Waals surface area contributed by atoms with Gasteiger partial charge in [-0.25, -0.2) is 4.98 Å². The van der Waals surface area contributed by atoms with Crippen LogP contribution in [0.4, 0.5) is 5.82 Å². The van der Waals surface area contributed by atoms with Crippen molar-refractivity contribution in [3.63, 3.8) is 0 Å². The average molecular weight is 289 g/mol. The van der Waals surface area contributed by atoms with Crippen LogP contribution in [0.2, 0.25) is 0 Å². The van der Waals surface area contributed by atoms with E-state index in [4.69, 9.17) is 4.74 Å². The van der Waals surface area contributed by atoms with Crippen LogP contribution >= 0.6 is 0 Å². The summed E-state index contributed by atoms with van der Waals surface area (Å²) in [5.41, 5.74) is 0.722. The predicted molar refractivity (Wildman–Crippen MR) is 81.6 cm³/mol. The number of hydrogen-bond acceptors (Lipinski definition) is 4. The van der Waals surface area contributed by atoms with Gasteiger partial charge in [0.05, 0.1) is 18.8 Å². The number of hydrogen-bond donors (Lipinski definition) is 0. The molecule has 0 aromatic carbocycles. The van der Waals surface area contributed by atoms with Gasteiger partial charge in [0.15, 0.2) is 0 Å². The minimum atomic E-state index is 0.112. The van der Waals surface area contributed by atoms with Gasteiger partial charge in [-0.05, 0) is 25.0 Å². The second-order valence-corrected chi connectivity index (χ2v) is 6.06. The van der Waals surface area contributed by atoms with E-state index in [2.05, 4.69) is 4.98 Å². The number of pyridine rings is 1. The van der Waals surface area contributed by atoms with E-state index in [1.165, 1.54) is 12.8 Å². The molecule has 1 aromatic heterocycles. The maximum absolute atomic E-state index is 12.9. The monoisotopic (exact) mass is 289 g/mol. The highest BCUT2D eigenvalue weighted by Crippen LogP contribution is 2.29. The van der Waals surface area contributed by atoms with Gasteiger partial charge in [0.25, 0.3) is 5.91 Å². The van der Waals surface area contributed by atoms with Gasteiger partial charge in [-0.1, -0.05) is 12.8 Å². The van der Waals surface area contributed by atoms with Crippen LogP contribution in [-0.4, -0.2) is 55.2 Å². The van der Waals surface area contributed by atoms with Crippen molar-refractivity contribution in [2.24, 2.45) is 0 Å². The van der Waals surface area contributed by atoms with E-state index < -0.39 is 0 Å². The molecule has 2 fully saturated rings. The van der Waals surface area contributed by atoms with E-state index in [0.717, 1.165) is 24.2 Å². The Bertz CT molecular complexity index is 516. The summed E-state index contributed by atoms with van der Waals surface area (Å²) in [7, 11) is 3.87. The number of carbonyl (C=O) groups excluding carboxylic acids is 1. The molecule has 3 rings (SSSR count). The van der Waals surface area contributed by atoms with Crippen molar-refractivity contribution in [2.75, 3.05) is 32.1 Å². The van der Waals surface area contributed by atoms with E-state index >= 15 is 0 Å². The summed E-state index contributed by atoms with van der Waals surface area (Å²) in [6.45, 7) is 1.35. The number of nitrogens with zero attached hydrogens (tertiary/aromatic N) is 3. The minimum absolute atomic E-state index is 0.112. The van der Waals surface area contributed by atoms with Gasteiger partial charge in [-0.15, -0.1) is 0 Å². The van der Waals surface area contributed by atoms with Crippen molar-refractivity contribution in [2.45, 2.75) is 37.8 Å². The fourth-order valence-electron chi connectivity index (χ4n) is 3.31. The number of fused-ring (bicyclic) bond motifs is 1. The molecule has 1 aromatic rings. The lowest BCUT2D eigenvalue weighted by Crippen LogP contribution is -2.54. The quantitative estimate of drug-likeness (QED) is 0.834. The Labute approximate surface area is 125 Å². The summed E-state index contributed by atoms with van der Waals surface area (Å²) in [6.07, 6.45) is 6.47. The molecule has 114 valence electrons. The molecule has 2 atom stereocenters. The van der Waals surface area contributed by atoms with Crippen LogP contribution in [0.25, 0.3) is 0 Å². The molecule has 1 aliphatic carbocycles. The number of amides is 1. The van der Waals surface area contributed by atoms with Crippen LogP contribution in [0.3, 0.4) is 0 Å². The van der Waals surface area contributed by atoms with Gasteiger partial charge in [0, 0.05) is 32.4 Å². The molecule has 1 amide bonds. The Morgan fingerprint density at radius 1 is 1.38 bits per heavy atom. The van der Waals surface area contributed by atoms with Crippen LogP contribution in [-0.2, 0) is 4.74 Å². The molecule has 0 N–H and O–H groups in total. The van der Waals surface area contributed by atoms with Crippen LogP contribution in [0.15, 0.2) is 18.3 Å². The van der Waals surface area contributed by atoms with Gasteiger partial charge in [-0.2, -0.15) is 0 Å². The van der Waals surface area contributed by atoms with Gasteiger partial charge >= 0.3 is 0 Å². The van der Waals surface area contributed by atoms with Crippen LogP contribution in [0.5, 0.6) is 0 Å². The summed E-state index contributed by atoms with van der Waals surface area (Å²) >= 11 is 0.